The van der Waals surface area contributed by atoms with Crippen molar-refractivity contribution in [3.05, 3.63) is 100 Å². The third kappa shape index (κ3) is 6.31. The molecule has 0 aromatic heterocycles. The number of benzene rings is 3. The van der Waals surface area contributed by atoms with Gasteiger partial charge in [0.05, 0.1) is 15.5 Å². The van der Waals surface area contributed by atoms with E-state index in [1.165, 1.54) is 36.4 Å². The standard InChI is InChI=1S/C26H26N4O6S/c31-25(27-17-20-6-4-7-21(16-20)18-28-15-5-10-26(28)32)19-29(22-11-13-23(14-12-22)30(33)34)37(35,36)24-8-2-1-3-9-24/h1-4,6-9,11-14,16H,5,10,15,17-19H2,(H,27,31). The number of amides is 2. The Hall–Kier alpha value is -4.25. The molecule has 0 atom stereocenters. The summed E-state index contributed by atoms with van der Waals surface area (Å²) in [5.41, 5.74) is 1.69. The van der Waals surface area contributed by atoms with Gasteiger partial charge in [0.1, 0.15) is 6.54 Å². The summed E-state index contributed by atoms with van der Waals surface area (Å²) in [6.07, 6.45) is 1.42. The van der Waals surface area contributed by atoms with E-state index in [9.17, 15) is 28.1 Å². The van der Waals surface area contributed by atoms with Gasteiger partial charge < -0.3 is 10.2 Å². The zero-order chi connectivity index (χ0) is 26.4. The summed E-state index contributed by atoms with van der Waals surface area (Å²) >= 11 is 0. The molecular formula is C26H26N4O6S. The van der Waals surface area contributed by atoms with Gasteiger partial charge in [-0.05, 0) is 41.8 Å². The maximum atomic E-state index is 13.4. The number of rotatable bonds is 10. The van der Waals surface area contributed by atoms with Crippen molar-refractivity contribution in [1.29, 1.82) is 0 Å². The van der Waals surface area contributed by atoms with Crippen LogP contribution in [0.15, 0.2) is 83.8 Å². The minimum atomic E-state index is -4.13. The molecule has 10 nitrogen and oxygen atoms in total. The molecule has 1 aliphatic heterocycles. The predicted octanol–water partition coefficient (Wildman–Crippen LogP) is 3.23. The molecule has 0 bridgehead atoms. The van der Waals surface area contributed by atoms with E-state index in [4.69, 9.17) is 0 Å². The molecule has 2 amide bonds. The van der Waals surface area contributed by atoms with Gasteiger partial charge in [-0.15, -0.1) is 0 Å². The van der Waals surface area contributed by atoms with Crippen molar-refractivity contribution in [3.8, 4) is 0 Å². The number of non-ortho nitro benzene ring substituents is 1. The molecule has 0 saturated carbocycles. The zero-order valence-electron chi connectivity index (χ0n) is 19.9. The number of likely N-dealkylation sites (tertiary alicyclic amines) is 1. The van der Waals surface area contributed by atoms with Gasteiger partial charge >= 0.3 is 0 Å². The monoisotopic (exact) mass is 522 g/mol. The van der Waals surface area contributed by atoms with Gasteiger partial charge in [-0.3, -0.25) is 24.0 Å². The minimum Gasteiger partial charge on any atom is -0.350 e. The Morgan fingerprint density at radius 2 is 1.70 bits per heavy atom. The first-order valence-corrected chi connectivity index (χ1v) is 13.1. The van der Waals surface area contributed by atoms with E-state index < -0.39 is 27.4 Å². The summed E-state index contributed by atoms with van der Waals surface area (Å²) in [5.74, 6) is -0.414. The average Bonchev–Trinajstić information content (AvgIpc) is 3.30. The highest BCUT2D eigenvalue weighted by Gasteiger charge is 2.27. The molecule has 37 heavy (non-hydrogen) atoms. The predicted molar refractivity (Wildman–Crippen MR) is 137 cm³/mol. The van der Waals surface area contributed by atoms with Gasteiger partial charge in [0.2, 0.25) is 11.8 Å². The zero-order valence-corrected chi connectivity index (χ0v) is 20.8. The molecule has 1 N–H and O–H groups in total. The van der Waals surface area contributed by atoms with Crippen LogP contribution in [0, 0.1) is 10.1 Å². The number of carbonyl (C=O) groups excluding carboxylic acids is 2. The van der Waals surface area contributed by atoms with Crippen LogP contribution in [0.2, 0.25) is 0 Å². The van der Waals surface area contributed by atoms with E-state index in [1.54, 1.807) is 23.1 Å². The summed E-state index contributed by atoms with van der Waals surface area (Å²) in [7, 11) is -4.13. The molecule has 4 rings (SSSR count). The lowest BCUT2D eigenvalue weighted by Crippen LogP contribution is -2.40. The number of nitrogens with zero attached hydrogens (tertiary/aromatic N) is 3. The molecule has 0 unspecified atom stereocenters. The van der Waals surface area contributed by atoms with E-state index >= 15 is 0 Å². The van der Waals surface area contributed by atoms with Crippen molar-refractivity contribution in [2.75, 3.05) is 17.4 Å². The number of hydrogen-bond donors (Lipinski definition) is 1. The summed E-state index contributed by atoms with van der Waals surface area (Å²) < 4.78 is 27.7. The number of hydrogen-bond acceptors (Lipinski definition) is 6. The summed E-state index contributed by atoms with van der Waals surface area (Å²) in [5, 5.41) is 13.8. The fourth-order valence-corrected chi connectivity index (χ4v) is 5.53. The van der Waals surface area contributed by atoms with Crippen LogP contribution >= 0.6 is 0 Å². The molecule has 1 heterocycles. The minimum absolute atomic E-state index is 0.00897. The van der Waals surface area contributed by atoms with E-state index in [0.29, 0.717) is 13.0 Å². The second kappa shape index (κ2) is 11.2. The Morgan fingerprint density at radius 3 is 2.35 bits per heavy atom. The Bertz CT molecular complexity index is 1390. The highest BCUT2D eigenvalue weighted by atomic mass is 32.2. The van der Waals surface area contributed by atoms with Crippen molar-refractivity contribution in [3.63, 3.8) is 0 Å². The molecule has 0 spiro atoms. The third-order valence-corrected chi connectivity index (χ3v) is 7.78. The van der Waals surface area contributed by atoms with Crippen LogP contribution in [0.3, 0.4) is 0 Å². The lowest BCUT2D eigenvalue weighted by Gasteiger charge is -2.24. The molecule has 0 radical (unpaired) electrons. The third-order valence-electron chi connectivity index (χ3n) is 5.99. The fraction of sp³-hybridized carbons (Fsp3) is 0.231. The largest absolute Gasteiger partial charge is 0.350 e. The quantitative estimate of drug-likeness (QED) is 0.321. The first-order chi connectivity index (χ1) is 17.7. The first-order valence-electron chi connectivity index (χ1n) is 11.7. The van der Waals surface area contributed by atoms with Gasteiger partial charge in [-0.1, -0.05) is 42.5 Å². The molecule has 1 saturated heterocycles. The lowest BCUT2D eigenvalue weighted by atomic mass is 10.1. The van der Waals surface area contributed by atoms with Crippen molar-refractivity contribution < 1.29 is 22.9 Å². The number of nitrogens with one attached hydrogen (secondary N) is 1. The number of nitro benzene ring substituents is 1. The van der Waals surface area contributed by atoms with E-state index in [2.05, 4.69) is 5.32 Å². The van der Waals surface area contributed by atoms with Gasteiger partial charge in [0.15, 0.2) is 0 Å². The Balaban J connectivity index is 1.49. The maximum Gasteiger partial charge on any atom is 0.269 e. The van der Waals surface area contributed by atoms with E-state index in [1.807, 2.05) is 24.3 Å². The van der Waals surface area contributed by atoms with Crippen LogP contribution in [-0.2, 0) is 32.7 Å². The lowest BCUT2D eigenvalue weighted by molar-refractivity contribution is -0.384. The van der Waals surface area contributed by atoms with Gasteiger partial charge in [0.25, 0.3) is 15.7 Å². The molecule has 3 aromatic carbocycles. The number of carbonyl (C=O) groups is 2. The van der Waals surface area contributed by atoms with Crippen LogP contribution in [-0.4, -0.2) is 43.1 Å². The highest BCUT2D eigenvalue weighted by molar-refractivity contribution is 7.92. The molecule has 11 heteroatoms. The smallest absolute Gasteiger partial charge is 0.269 e. The topological polar surface area (TPSA) is 130 Å². The molecule has 0 aliphatic carbocycles. The SMILES string of the molecule is O=C(CN(c1ccc([N+](=O)[O-])cc1)S(=O)(=O)c1ccccc1)NCc1cccc(CN2CCCC2=O)c1. The summed E-state index contributed by atoms with van der Waals surface area (Å²) in [6.45, 7) is 0.884. The number of nitro groups is 1. The van der Waals surface area contributed by atoms with Crippen LogP contribution < -0.4 is 9.62 Å². The van der Waals surface area contributed by atoms with E-state index in [0.717, 1.165) is 28.4 Å². The molecule has 1 fully saturated rings. The molecule has 1 aliphatic rings. The van der Waals surface area contributed by atoms with E-state index in [-0.39, 0.29) is 28.7 Å². The van der Waals surface area contributed by atoms with Gasteiger partial charge in [-0.2, -0.15) is 0 Å². The highest BCUT2D eigenvalue weighted by Crippen LogP contribution is 2.25. The van der Waals surface area contributed by atoms with Gasteiger partial charge in [-0.25, -0.2) is 8.42 Å². The Morgan fingerprint density at radius 1 is 1.00 bits per heavy atom. The maximum absolute atomic E-state index is 13.4. The van der Waals surface area contributed by atoms with Crippen molar-refractivity contribution in [2.45, 2.75) is 30.8 Å². The fourth-order valence-electron chi connectivity index (χ4n) is 4.09. The molecule has 3 aromatic rings. The summed E-state index contributed by atoms with van der Waals surface area (Å²) in [6, 6.07) is 20.2. The normalized spacial score (nSPS) is 13.4. The second-order valence-electron chi connectivity index (χ2n) is 8.61. The molecular weight excluding hydrogens is 496 g/mol. The van der Waals surface area contributed by atoms with Crippen LogP contribution in [0.5, 0.6) is 0 Å². The van der Waals surface area contributed by atoms with Crippen LogP contribution in [0.25, 0.3) is 0 Å². The number of sulfonamides is 1. The Kier molecular flexibility index (Phi) is 7.83. The second-order valence-corrected chi connectivity index (χ2v) is 10.5. The van der Waals surface area contributed by atoms with Crippen molar-refractivity contribution in [2.24, 2.45) is 0 Å². The Labute approximate surface area is 214 Å². The first kappa shape index (κ1) is 25.8. The van der Waals surface area contributed by atoms with Crippen molar-refractivity contribution in [1.82, 2.24) is 10.2 Å². The van der Waals surface area contributed by atoms with Crippen LogP contribution in [0.4, 0.5) is 11.4 Å². The van der Waals surface area contributed by atoms with Crippen molar-refractivity contribution >= 4 is 33.2 Å². The van der Waals surface area contributed by atoms with Crippen LogP contribution in [0.1, 0.15) is 24.0 Å². The average molecular weight is 523 g/mol. The molecule has 192 valence electrons. The number of anilines is 1. The van der Waals surface area contributed by atoms with Gasteiger partial charge in [0, 0.05) is 38.2 Å². The summed E-state index contributed by atoms with van der Waals surface area (Å²) in [4.78, 5) is 37.0.